The van der Waals surface area contributed by atoms with Crippen LogP contribution in [0.4, 0.5) is 5.95 Å². The highest BCUT2D eigenvalue weighted by Crippen LogP contribution is 1.96. The fourth-order valence-corrected chi connectivity index (χ4v) is 9.29. The lowest BCUT2D eigenvalue weighted by Gasteiger charge is -2.18. The van der Waals surface area contributed by atoms with E-state index in [0.29, 0.717) is 32.7 Å². The molecule has 2 aliphatic heterocycles. The Morgan fingerprint density at radius 3 is 0.661 bits per heavy atom. The van der Waals surface area contributed by atoms with Crippen molar-refractivity contribution in [2.75, 3.05) is 376 Å². The number of hydrogen-bond donors (Lipinski definition) is 27. The molecule has 38 nitrogen and oxygen atoms in total. The van der Waals surface area contributed by atoms with Crippen LogP contribution in [0.5, 0.6) is 0 Å². The summed E-state index contributed by atoms with van der Waals surface area (Å²) in [5, 5.41) is 49.8. The Morgan fingerprint density at radius 1 is 0.226 bits per heavy atom. The first-order valence-corrected chi connectivity index (χ1v) is 43.7. The third-order valence-electron chi connectivity index (χ3n) is 15.7. The molecule has 0 unspecified atom stereocenters. The van der Waals surface area contributed by atoms with Crippen molar-refractivity contribution in [3.05, 3.63) is 31.6 Å². The maximum Gasteiger partial charge on any atom is 0.222 e. The van der Waals surface area contributed by atoms with Crippen LogP contribution < -0.4 is 149 Å². The van der Waals surface area contributed by atoms with Gasteiger partial charge in [0, 0.05) is 249 Å². The van der Waals surface area contributed by atoms with E-state index in [1.54, 1.807) is 0 Å². The quantitative estimate of drug-likeness (QED) is 0.0274. The zero-order valence-corrected chi connectivity index (χ0v) is 75.3. The molecule has 2 aliphatic rings. The number of hydrogen-bond acceptors (Lipinski definition) is 38. The number of unbranched alkanes of at least 4 members (excludes halogenated alkanes) is 10. The predicted octanol–water partition coefficient (Wildman–Crippen LogP) is -6.98. The van der Waals surface area contributed by atoms with Gasteiger partial charge in [-0.05, 0) is 186 Å². The van der Waals surface area contributed by atoms with Gasteiger partial charge in [-0.15, -0.1) is 0 Å². The molecule has 692 valence electrons. The number of nitrogens with two attached hydrogens (primary N) is 12. The Kier molecular flexibility index (Phi) is 134. The van der Waals surface area contributed by atoms with Crippen molar-refractivity contribution >= 4 is 5.95 Å². The third-order valence-corrected chi connectivity index (χ3v) is 15.7. The minimum Gasteiger partial charge on any atom is -0.368 e. The highest BCUT2D eigenvalue weighted by Gasteiger charge is 2.01. The van der Waals surface area contributed by atoms with Gasteiger partial charge in [-0.1, -0.05) is 32.1 Å². The summed E-state index contributed by atoms with van der Waals surface area (Å²) in [7, 11) is 16.9. The molecule has 2 saturated heterocycles. The maximum atomic E-state index is 5.42. The van der Waals surface area contributed by atoms with E-state index < -0.39 is 0 Å². The van der Waals surface area contributed by atoms with Crippen molar-refractivity contribution in [3.8, 4) is 0 Å². The van der Waals surface area contributed by atoms with Crippen molar-refractivity contribution in [1.82, 2.24) is 134 Å². The number of nitrogens with zero attached hydrogens (tertiary/aromatic N) is 11. The molecule has 115 heavy (non-hydrogen) atoms. The number of rotatable bonds is 55. The monoisotopic (exact) mass is 1650 g/mol. The van der Waals surface area contributed by atoms with Crippen LogP contribution in [-0.2, 0) is 0 Å². The normalized spacial score (nSPS) is 12.9. The fraction of sp³-hybridized carbons (Fsp3) is 0.922. The van der Waals surface area contributed by atoms with Gasteiger partial charge >= 0.3 is 0 Å². The molecule has 2 fully saturated rings. The summed E-state index contributed by atoms with van der Waals surface area (Å²) in [5.41, 5.74) is 63.7. The first kappa shape index (κ1) is 125. The molecule has 0 bridgehead atoms. The molecule has 0 saturated carbocycles. The van der Waals surface area contributed by atoms with Crippen LogP contribution in [0.2, 0.25) is 0 Å². The topological polar surface area (TPSA) is 586 Å². The van der Waals surface area contributed by atoms with Gasteiger partial charge < -0.3 is 168 Å². The molecule has 0 spiro atoms. The smallest absolute Gasteiger partial charge is 0.222 e. The summed E-state index contributed by atoms with van der Waals surface area (Å²) in [4.78, 5) is 32.3. The van der Waals surface area contributed by atoms with Gasteiger partial charge in [0.1, 0.15) is 31.6 Å². The second-order valence-electron chi connectivity index (χ2n) is 28.1. The minimum atomic E-state index is 0.259. The first-order chi connectivity index (χ1) is 56.1. The molecule has 0 radical (unpaired) electrons. The lowest BCUT2D eigenvalue weighted by molar-refractivity contribution is 0.297. The van der Waals surface area contributed by atoms with E-state index >= 15 is 0 Å². The van der Waals surface area contributed by atoms with E-state index in [2.05, 4.69) is 191 Å². The second-order valence-corrected chi connectivity index (χ2v) is 28.1. The number of likely N-dealkylation sites (N-methyl/N-ethyl adjacent to an activating group) is 3. The van der Waals surface area contributed by atoms with E-state index in [1.807, 2.05) is 0 Å². The Morgan fingerprint density at radius 2 is 0.435 bits per heavy atom. The van der Waals surface area contributed by atoms with Gasteiger partial charge in [0.25, 0.3) is 0 Å². The Labute approximate surface area is 704 Å². The van der Waals surface area contributed by atoms with Crippen LogP contribution in [0.15, 0.2) is 31.6 Å². The van der Waals surface area contributed by atoms with E-state index in [1.165, 1.54) is 122 Å². The van der Waals surface area contributed by atoms with Crippen LogP contribution in [0.25, 0.3) is 0 Å². The molecule has 2 aromatic rings. The highest BCUT2D eigenvalue weighted by molar-refractivity contribution is 5.08. The Balaban J connectivity index is -0.000000225. The van der Waals surface area contributed by atoms with Crippen molar-refractivity contribution in [1.29, 1.82) is 0 Å². The van der Waals surface area contributed by atoms with Crippen molar-refractivity contribution in [3.63, 3.8) is 0 Å². The van der Waals surface area contributed by atoms with Gasteiger partial charge in [-0.3, -0.25) is 4.90 Å². The van der Waals surface area contributed by atoms with E-state index in [0.717, 1.165) is 288 Å². The molecular weight excluding hydrogens is 1460 g/mol. The van der Waals surface area contributed by atoms with Gasteiger partial charge in [0.2, 0.25) is 5.95 Å². The molecule has 39 N–H and O–H groups in total. The summed E-state index contributed by atoms with van der Waals surface area (Å²) in [6.45, 7) is 47.1. The fourth-order valence-electron chi connectivity index (χ4n) is 9.29. The molecule has 0 aliphatic carbocycles. The largest absolute Gasteiger partial charge is 0.368 e. The zero-order valence-electron chi connectivity index (χ0n) is 75.3. The number of nitrogens with one attached hydrogen (secondary N) is 15. The molecule has 4 heterocycles. The van der Waals surface area contributed by atoms with E-state index in [4.69, 9.17) is 68.8 Å². The summed E-state index contributed by atoms with van der Waals surface area (Å²) < 4.78 is 0. The van der Waals surface area contributed by atoms with Crippen molar-refractivity contribution < 1.29 is 0 Å². The Bertz CT molecular complexity index is 1650. The lowest BCUT2D eigenvalue weighted by atomic mass is 10.2. The van der Waals surface area contributed by atoms with E-state index in [9.17, 15) is 0 Å². The standard InChI is InChI=1S/C12H30N4.C11H27N3.C9H24N4.C8H20N4.C8H21N3.C7H19N3.C6H18N4.C6H15N3.C4H13N3.C3H4N4.C3H3N3/c13-7-3-1-4-9-15-10-5-2-6-11-16-12-8-14;1-13(2)10-7-5-6-8-12-9-11-14(3)4;10-4-2-1-3-6-12-8-9-13-7-5-11;1-2-10-5-6-12-8-7-11-4-3-9-1;1-10(2)7-5-9-6-8-11(3)4;8-4-2-1-3-6-10-7-5-9;7-1-4-10(5-2-8)6-3-9;1-2-8-5-6-9-4-3-7-1;5-1-3-7-4-2-6;4-3-6-1-5-2-7-3;1-4-2-6-3-5-1/h15-16H,1-14H2;12H,5-11H2,1-4H3;12-13H,1-11H2;9-12H,1-8H2;9H,5-8H2,1-4H3;10H,1-9H2;1-9H2;7-9H,1-6H2;7H,1-6H2;1-2H,(H2,4,5,6,7);1-3H. The number of anilines is 1. The van der Waals surface area contributed by atoms with Gasteiger partial charge in [0.05, 0.1) is 0 Å². The van der Waals surface area contributed by atoms with Crippen molar-refractivity contribution in [2.45, 2.75) is 96.3 Å². The first-order valence-electron chi connectivity index (χ1n) is 43.7. The molecule has 0 aromatic carbocycles. The SMILES string of the molecule is C1CNCCNCCN1.C1CNCCNCCNCCN1.CN(C)CCCCCNCCN(C)C.CN(C)CCNCCN(C)C.NCCCCCNCCCCCNCCN.NCCCCCNCCN.NCCCCCNCCNCCN.NCCN(CCN)CCN.NCCNCCN.Nc1ncncn1.c1ncncn1. The van der Waals surface area contributed by atoms with Gasteiger partial charge in [-0.2, -0.15) is 0 Å². The lowest BCUT2D eigenvalue weighted by Crippen LogP contribution is -2.39. The molecule has 38 heteroatoms. The summed E-state index contributed by atoms with van der Waals surface area (Å²) in [5.74, 6) is 0.259. The summed E-state index contributed by atoms with van der Waals surface area (Å²) in [6, 6.07) is 0. The number of aromatic nitrogens is 6. The molecule has 0 amide bonds. The minimum absolute atomic E-state index is 0.259. The molecule has 0 atom stereocenters. The number of nitrogen functional groups attached to an aromatic ring is 1. The third kappa shape index (κ3) is 149. The summed E-state index contributed by atoms with van der Waals surface area (Å²) in [6.07, 6.45) is 25.7. The zero-order chi connectivity index (χ0) is 86.4. The van der Waals surface area contributed by atoms with Crippen molar-refractivity contribution in [2.24, 2.45) is 63.1 Å². The van der Waals surface area contributed by atoms with Gasteiger partial charge in [0.15, 0.2) is 0 Å². The maximum absolute atomic E-state index is 5.42. The van der Waals surface area contributed by atoms with Crippen LogP contribution in [0.3, 0.4) is 0 Å². The van der Waals surface area contributed by atoms with Crippen LogP contribution in [-0.4, -0.2) is 425 Å². The van der Waals surface area contributed by atoms with Crippen LogP contribution >= 0.6 is 0 Å². The highest BCUT2D eigenvalue weighted by atomic mass is 15.1. The Hall–Kier alpha value is -3.42. The predicted molar refractivity (Wildman–Crippen MR) is 497 cm³/mol. The average Bonchev–Trinajstić information content (AvgIpc) is 1.19. The second kappa shape index (κ2) is 124. The average molecular weight is 1650 g/mol. The van der Waals surface area contributed by atoms with E-state index in [-0.39, 0.29) is 5.95 Å². The molecular formula is C77H194N38. The molecule has 4 rings (SSSR count). The summed E-state index contributed by atoms with van der Waals surface area (Å²) >= 11 is 0. The van der Waals surface area contributed by atoms with Gasteiger partial charge in [-0.25, -0.2) is 29.9 Å². The molecule has 2 aromatic heterocycles. The van der Waals surface area contributed by atoms with Crippen LogP contribution in [0.1, 0.15) is 96.3 Å². The van der Waals surface area contributed by atoms with Crippen LogP contribution in [0, 0.1) is 0 Å².